The smallest absolute Gasteiger partial charge is 0.325 e. The van der Waals surface area contributed by atoms with Crippen LogP contribution in [0.5, 0.6) is 23.0 Å². The van der Waals surface area contributed by atoms with Gasteiger partial charge in [0.25, 0.3) is 0 Å². The minimum absolute atomic E-state index is 0.0124. The van der Waals surface area contributed by atoms with E-state index in [2.05, 4.69) is 0 Å². The number of aryl methyl sites for hydroxylation is 1. The summed E-state index contributed by atoms with van der Waals surface area (Å²) in [6.45, 7) is 3.34. The summed E-state index contributed by atoms with van der Waals surface area (Å²) < 4.78 is 75.4. The number of allylic oxidation sites excluding steroid dienone is 1. The van der Waals surface area contributed by atoms with E-state index in [0.29, 0.717) is 40.6 Å². The molecule has 57 heavy (non-hydrogen) atoms. The summed E-state index contributed by atoms with van der Waals surface area (Å²) in [5, 5.41) is 10.4. The lowest BCUT2D eigenvalue weighted by molar-refractivity contribution is -0.147. The SMILES string of the molecule is COC(=O)CN1CCOCCN(CC(=O)OC)c2ccc(C3=C4C=C(F)C(O)C=C4Oc4cc(OCOC(C)=O)c(F)cc43)cc2OCCOc2cc(C)ccc21. The average molecular weight is 793 g/mol. The standard InChI is InChI=1S/C41H42F2N2O12/c1-24-5-7-31-37(15-24)53-13-14-54-38-16-26(6-8-32(38)45(22-40(49)51-4)10-12-52-11-9-44(31)21-39(48)50-3)41-27-17-29(42)33(47)19-34(27)57-35-20-36(30(43)18-28(35)41)56-23-55-25(2)46/h5-8,15-20,33,47H,9-14,21-23H2,1-4H3. The molecule has 3 aromatic rings. The number of benzene rings is 3. The Hall–Kier alpha value is -6.13. The number of esters is 3. The van der Waals surface area contributed by atoms with E-state index in [1.165, 1.54) is 33.3 Å². The molecule has 1 atom stereocenters. The third kappa shape index (κ3) is 9.64. The van der Waals surface area contributed by atoms with Crippen LogP contribution in [0.4, 0.5) is 20.2 Å². The van der Waals surface area contributed by atoms with Gasteiger partial charge in [-0.2, -0.15) is 0 Å². The number of fused-ring (bicyclic) bond motifs is 4. The van der Waals surface area contributed by atoms with Gasteiger partial charge in [-0.25, -0.2) is 8.78 Å². The van der Waals surface area contributed by atoms with Gasteiger partial charge in [0.1, 0.15) is 61.2 Å². The molecule has 0 spiro atoms. The highest BCUT2D eigenvalue weighted by Gasteiger charge is 2.32. The number of anilines is 2. The Morgan fingerprint density at radius 1 is 0.842 bits per heavy atom. The fourth-order valence-corrected chi connectivity index (χ4v) is 6.38. The minimum Gasteiger partial charge on any atom is -0.488 e. The quantitative estimate of drug-likeness (QED) is 0.189. The van der Waals surface area contributed by atoms with Crippen LogP contribution in [0.15, 0.2) is 77.8 Å². The second-order valence-corrected chi connectivity index (χ2v) is 13.0. The molecule has 1 unspecified atom stereocenters. The molecule has 14 nitrogen and oxygen atoms in total. The van der Waals surface area contributed by atoms with Crippen LogP contribution >= 0.6 is 0 Å². The Balaban J connectivity index is 1.42. The van der Waals surface area contributed by atoms with Crippen molar-refractivity contribution in [3.05, 3.63) is 100 Å². The van der Waals surface area contributed by atoms with Crippen molar-refractivity contribution >= 4 is 34.9 Å². The van der Waals surface area contributed by atoms with Crippen LogP contribution in [0.2, 0.25) is 0 Å². The number of aliphatic hydroxyl groups is 1. The third-order valence-corrected chi connectivity index (χ3v) is 9.16. The van der Waals surface area contributed by atoms with E-state index >= 15 is 8.78 Å². The summed E-state index contributed by atoms with van der Waals surface area (Å²) in [5.41, 5.74) is 3.30. The predicted octanol–water partition coefficient (Wildman–Crippen LogP) is 4.79. The molecule has 0 amide bonds. The molecule has 3 aromatic carbocycles. The van der Waals surface area contributed by atoms with Crippen molar-refractivity contribution in [1.82, 2.24) is 0 Å². The molecule has 0 saturated carbocycles. The second-order valence-electron chi connectivity index (χ2n) is 13.0. The van der Waals surface area contributed by atoms with E-state index in [1.54, 1.807) is 28.0 Å². The number of hydrogen-bond acceptors (Lipinski definition) is 14. The molecule has 0 fully saturated rings. The molecule has 0 radical (unpaired) electrons. The molecule has 0 bridgehead atoms. The molecular formula is C41H42F2N2O12. The van der Waals surface area contributed by atoms with Gasteiger partial charge in [0.2, 0.25) is 6.79 Å². The van der Waals surface area contributed by atoms with Gasteiger partial charge in [0.05, 0.1) is 38.8 Å². The lowest BCUT2D eigenvalue weighted by atomic mass is 9.86. The molecule has 2 aliphatic heterocycles. The van der Waals surface area contributed by atoms with E-state index in [-0.39, 0.29) is 74.5 Å². The number of ether oxygens (including phenoxy) is 8. The van der Waals surface area contributed by atoms with E-state index in [4.69, 9.17) is 37.9 Å². The van der Waals surface area contributed by atoms with Crippen molar-refractivity contribution in [2.75, 3.05) is 83.4 Å². The van der Waals surface area contributed by atoms with E-state index in [1.807, 2.05) is 25.1 Å². The largest absolute Gasteiger partial charge is 0.488 e. The van der Waals surface area contributed by atoms with Crippen molar-refractivity contribution in [3.8, 4) is 23.0 Å². The van der Waals surface area contributed by atoms with Crippen LogP contribution < -0.4 is 28.7 Å². The minimum atomic E-state index is -1.58. The highest BCUT2D eigenvalue weighted by Crippen LogP contribution is 2.47. The Bertz CT molecular complexity index is 2120. The second kappa shape index (κ2) is 18.2. The molecule has 6 rings (SSSR count). The zero-order valence-corrected chi connectivity index (χ0v) is 31.8. The molecular weight excluding hydrogens is 750 g/mol. The fraction of sp³-hybridized carbons (Fsp3) is 0.341. The van der Waals surface area contributed by atoms with Crippen molar-refractivity contribution in [3.63, 3.8) is 0 Å². The number of methoxy groups -OCH3 is 2. The average Bonchev–Trinajstić information content (AvgIpc) is 3.18. The molecule has 0 saturated heterocycles. The first-order chi connectivity index (χ1) is 27.4. The van der Waals surface area contributed by atoms with Gasteiger partial charge < -0.3 is 52.8 Å². The van der Waals surface area contributed by atoms with E-state index < -0.39 is 42.4 Å². The number of carbonyl (C=O) groups is 3. The first-order valence-electron chi connectivity index (χ1n) is 18.0. The van der Waals surface area contributed by atoms with Gasteiger partial charge >= 0.3 is 17.9 Å². The van der Waals surface area contributed by atoms with E-state index in [0.717, 1.165) is 17.7 Å². The summed E-state index contributed by atoms with van der Waals surface area (Å²) in [6, 6.07) is 13.1. The van der Waals surface area contributed by atoms with Crippen LogP contribution in [0, 0.1) is 12.7 Å². The van der Waals surface area contributed by atoms with Gasteiger partial charge in [-0.1, -0.05) is 12.1 Å². The molecule has 3 aliphatic rings. The van der Waals surface area contributed by atoms with Gasteiger partial charge in [-0.15, -0.1) is 0 Å². The summed E-state index contributed by atoms with van der Waals surface area (Å²) in [5.74, 6) is -2.51. The molecule has 16 heteroatoms. The van der Waals surface area contributed by atoms with Crippen LogP contribution in [-0.2, 0) is 33.3 Å². The van der Waals surface area contributed by atoms with Gasteiger partial charge in [-0.3, -0.25) is 14.4 Å². The summed E-state index contributed by atoms with van der Waals surface area (Å²) in [6.07, 6.45) is 0.727. The van der Waals surface area contributed by atoms with Crippen molar-refractivity contribution < 1.29 is 66.2 Å². The summed E-state index contributed by atoms with van der Waals surface area (Å²) in [7, 11) is 2.59. The van der Waals surface area contributed by atoms with Crippen LogP contribution in [-0.4, -0.2) is 103 Å². The molecule has 302 valence electrons. The lowest BCUT2D eigenvalue weighted by Gasteiger charge is -2.30. The first kappa shape index (κ1) is 40.5. The molecule has 1 N–H and O–H groups in total. The van der Waals surface area contributed by atoms with E-state index in [9.17, 15) is 19.5 Å². The normalized spacial score (nSPS) is 16.9. The summed E-state index contributed by atoms with van der Waals surface area (Å²) in [4.78, 5) is 39.9. The lowest BCUT2D eigenvalue weighted by Crippen LogP contribution is -2.36. The summed E-state index contributed by atoms with van der Waals surface area (Å²) >= 11 is 0. The number of rotatable bonds is 8. The molecule has 1 aliphatic carbocycles. The predicted molar refractivity (Wildman–Crippen MR) is 201 cm³/mol. The number of carbonyl (C=O) groups excluding carboxylic acids is 3. The highest BCUT2D eigenvalue weighted by molar-refractivity contribution is 5.92. The Kier molecular flexibility index (Phi) is 12.9. The number of hydrogen-bond donors (Lipinski definition) is 1. The zero-order chi connectivity index (χ0) is 40.6. The number of aliphatic hydroxyl groups excluding tert-OH is 1. The monoisotopic (exact) mass is 792 g/mol. The molecule has 2 heterocycles. The van der Waals surface area contributed by atoms with Gasteiger partial charge in [0.15, 0.2) is 11.6 Å². The molecule has 0 aromatic heterocycles. The van der Waals surface area contributed by atoms with Crippen LogP contribution in [0.25, 0.3) is 5.57 Å². The first-order valence-corrected chi connectivity index (χ1v) is 18.0. The van der Waals surface area contributed by atoms with Crippen molar-refractivity contribution in [2.24, 2.45) is 0 Å². The Morgan fingerprint density at radius 2 is 1.47 bits per heavy atom. The fourth-order valence-electron chi connectivity index (χ4n) is 6.38. The maximum Gasteiger partial charge on any atom is 0.325 e. The Labute approximate surface area is 327 Å². The number of nitrogens with zero attached hydrogens (tertiary/aromatic N) is 2. The van der Waals surface area contributed by atoms with Crippen LogP contribution in [0.3, 0.4) is 0 Å². The highest BCUT2D eigenvalue weighted by atomic mass is 19.1. The van der Waals surface area contributed by atoms with Crippen molar-refractivity contribution in [1.29, 1.82) is 0 Å². The van der Waals surface area contributed by atoms with Crippen LogP contribution in [0.1, 0.15) is 23.6 Å². The van der Waals surface area contributed by atoms with Gasteiger partial charge in [0, 0.05) is 42.8 Å². The van der Waals surface area contributed by atoms with Crippen molar-refractivity contribution in [2.45, 2.75) is 20.0 Å². The third-order valence-electron chi connectivity index (χ3n) is 9.16. The maximum atomic E-state index is 15.6. The zero-order valence-electron chi connectivity index (χ0n) is 31.8. The maximum absolute atomic E-state index is 15.6. The topological polar surface area (TPSA) is 152 Å². The van der Waals surface area contributed by atoms with Gasteiger partial charge in [-0.05, 0) is 60.5 Å². The number of halogens is 2. The Morgan fingerprint density at radius 3 is 2.11 bits per heavy atom.